The number of nitrogens with zero attached hydrogens (tertiary/aromatic N) is 6. The molecule has 4 aromatic rings. The van der Waals surface area contributed by atoms with Crippen LogP contribution >= 0.6 is 0 Å². The summed E-state index contributed by atoms with van der Waals surface area (Å²) >= 11 is 0. The van der Waals surface area contributed by atoms with Gasteiger partial charge in [-0.2, -0.15) is 5.10 Å². The molecule has 1 atom stereocenters. The second-order valence-corrected chi connectivity index (χ2v) is 9.91. The van der Waals surface area contributed by atoms with E-state index in [0.29, 0.717) is 6.54 Å². The maximum atomic E-state index is 13.3. The lowest BCUT2D eigenvalue weighted by atomic mass is 10.1. The van der Waals surface area contributed by atoms with Gasteiger partial charge in [-0.05, 0) is 49.1 Å². The minimum Gasteiger partial charge on any atom is -0.354 e. The molecule has 3 heterocycles. The molecule has 192 valence electrons. The van der Waals surface area contributed by atoms with Crippen LogP contribution in [0.1, 0.15) is 67.7 Å². The van der Waals surface area contributed by atoms with E-state index in [1.54, 1.807) is 0 Å². The lowest BCUT2D eigenvalue weighted by Gasteiger charge is -2.24. The molecule has 0 aliphatic carbocycles. The van der Waals surface area contributed by atoms with Gasteiger partial charge in [0.05, 0.1) is 17.3 Å². The lowest BCUT2D eigenvalue weighted by Crippen LogP contribution is -2.35. The van der Waals surface area contributed by atoms with Crippen LogP contribution in [-0.4, -0.2) is 56.7 Å². The highest BCUT2D eigenvalue weighted by Gasteiger charge is 2.25. The van der Waals surface area contributed by atoms with E-state index >= 15 is 0 Å². The number of aryl methyl sites for hydroxylation is 1. The fraction of sp³-hybridized carbons (Fsp3) is 0.400. The van der Waals surface area contributed by atoms with Gasteiger partial charge < -0.3 is 9.80 Å². The van der Waals surface area contributed by atoms with Gasteiger partial charge in [-0.25, -0.2) is 14.6 Å². The van der Waals surface area contributed by atoms with E-state index in [4.69, 9.17) is 15.1 Å². The average Bonchev–Trinajstić information content (AvgIpc) is 3.22. The second kappa shape index (κ2) is 11.1. The van der Waals surface area contributed by atoms with Crippen LogP contribution < -0.4 is 4.90 Å². The largest absolute Gasteiger partial charge is 0.354 e. The minimum atomic E-state index is 0.103. The van der Waals surface area contributed by atoms with Gasteiger partial charge in [-0.1, -0.05) is 57.5 Å². The fourth-order valence-corrected chi connectivity index (χ4v) is 5.09. The van der Waals surface area contributed by atoms with Crippen LogP contribution in [0.5, 0.6) is 0 Å². The zero-order chi connectivity index (χ0) is 25.8. The summed E-state index contributed by atoms with van der Waals surface area (Å²) in [6.07, 6.45) is 5.85. The molecule has 1 unspecified atom stereocenters. The van der Waals surface area contributed by atoms with Crippen molar-refractivity contribution in [3.05, 3.63) is 77.7 Å². The number of carbonyl (C=O) groups excluding carboxylic acids is 1. The first-order chi connectivity index (χ1) is 18.1. The third kappa shape index (κ3) is 5.22. The molecule has 1 amide bonds. The van der Waals surface area contributed by atoms with Crippen LogP contribution in [0.25, 0.3) is 16.7 Å². The molecule has 0 radical (unpaired) electrons. The Morgan fingerprint density at radius 3 is 2.46 bits per heavy atom. The number of anilines is 1. The molecular formula is C30H36N6O. The number of benzene rings is 2. The number of hydrogen-bond acceptors (Lipinski definition) is 5. The van der Waals surface area contributed by atoms with Crippen molar-refractivity contribution in [3.63, 3.8) is 0 Å². The third-order valence-electron chi connectivity index (χ3n) is 7.28. The summed E-state index contributed by atoms with van der Waals surface area (Å²) in [5.74, 6) is 2.14. The summed E-state index contributed by atoms with van der Waals surface area (Å²) in [7, 11) is 0. The monoisotopic (exact) mass is 496 g/mol. The lowest BCUT2D eigenvalue weighted by molar-refractivity contribution is 0.0767. The molecule has 2 aromatic carbocycles. The minimum absolute atomic E-state index is 0.103. The molecular weight excluding hydrogens is 460 g/mol. The van der Waals surface area contributed by atoms with Crippen LogP contribution in [0.3, 0.4) is 0 Å². The number of amides is 1. The number of para-hydroxylation sites is 1. The predicted molar refractivity (Wildman–Crippen MR) is 149 cm³/mol. The number of fused-ring (bicyclic) bond motifs is 1. The number of carbonyl (C=O) groups is 1. The summed E-state index contributed by atoms with van der Waals surface area (Å²) in [5, 5.41) is 5.66. The normalized spacial score (nSPS) is 15.1. The maximum Gasteiger partial charge on any atom is 0.253 e. The van der Waals surface area contributed by atoms with Gasteiger partial charge in [-0.15, -0.1) is 0 Å². The smallest absolute Gasteiger partial charge is 0.253 e. The van der Waals surface area contributed by atoms with Crippen molar-refractivity contribution in [2.24, 2.45) is 0 Å². The van der Waals surface area contributed by atoms with E-state index in [9.17, 15) is 4.79 Å². The van der Waals surface area contributed by atoms with E-state index in [1.807, 2.05) is 58.2 Å². The van der Waals surface area contributed by atoms with Gasteiger partial charge in [0.15, 0.2) is 5.65 Å². The molecule has 1 fully saturated rings. The highest BCUT2D eigenvalue weighted by molar-refractivity contribution is 5.94. The molecule has 37 heavy (non-hydrogen) atoms. The van der Waals surface area contributed by atoms with Crippen molar-refractivity contribution >= 4 is 22.8 Å². The maximum absolute atomic E-state index is 13.3. The first kappa shape index (κ1) is 24.9. The topological polar surface area (TPSA) is 67.2 Å². The highest BCUT2D eigenvalue weighted by Crippen LogP contribution is 2.30. The van der Waals surface area contributed by atoms with Gasteiger partial charge in [0.2, 0.25) is 0 Å². The first-order valence-corrected chi connectivity index (χ1v) is 13.5. The molecule has 1 aliphatic heterocycles. The first-order valence-electron chi connectivity index (χ1n) is 13.5. The van der Waals surface area contributed by atoms with Gasteiger partial charge in [0.25, 0.3) is 5.91 Å². The van der Waals surface area contributed by atoms with Crippen molar-refractivity contribution < 1.29 is 4.79 Å². The van der Waals surface area contributed by atoms with Gasteiger partial charge in [-0.3, -0.25) is 4.79 Å². The Morgan fingerprint density at radius 1 is 0.946 bits per heavy atom. The predicted octanol–water partition coefficient (Wildman–Crippen LogP) is 5.63. The van der Waals surface area contributed by atoms with E-state index in [0.717, 1.165) is 79.2 Å². The molecule has 0 saturated carbocycles. The van der Waals surface area contributed by atoms with Crippen LogP contribution in [0, 0.1) is 0 Å². The summed E-state index contributed by atoms with van der Waals surface area (Å²) in [6, 6.07) is 18.2. The Hall–Kier alpha value is -3.74. The summed E-state index contributed by atoms with van der Waals surface area (Å²) < 4.78 is 1.91. The fourth-order valence-electron chi connectivity index (χ4n) is 5.09. The van der Waals surface area contributed by atoms with Crippen LogP contribution in [0.4, 0.5) is 5.82 Å². The van der Waals surface area contributed by atoms with E-state index in [-0.39, 0.29) is 11.8 Å². The summed E-state index contributed by atoms with van der Waals surface area (Å²) in [6.45, 7) is 9.48. The molecule has 0 spiro atoms. The van der Waals surface area contributed by atoms with Gasteiger partial charge in [0, 0.05) is 37.7 Å². The van der Waals surface area contributed by atoms with Crippen molar-refractivity contribution in [1.82, 2.24) is 24.6 Å². The Kier molecular flexibility index (Phi) is 7.49. The van der Waals surface area contributed by atoms with E-state index in [2.05, 4.69) is 37.8 Å². The summed E-state index contributed by atoms with van der Waals surface area (Å²) in [5.41, 5.74) is 3.82. The third-order valence-corrected chi connectivity index (χ3v) is 7.28. The Balaban J connectivity index is 1.45. The molecule has 1 saturated heterocycles. The average molecular weight is 497 g/mol. The molecule has 7 nitrogen and oxygen atoms in total. The molecule has 2 aromatic heterocycles. The van der Waals surface area contributed by atoms with Crippen LogP contribution in [0.2, 0.25) is 0 Å². The van der Waals surface area contributed by atoms with Crippen molar-refractivity contribution in [3.8, 4) is 5.69 Å². The van der Waals surface area contributed by atoms with Crippen molar-refractivity contribution in [2.75, 3.05) is 31.1 Å². The SMILES string of the molecule is CCCC(C)c1nc(N2CCCN(C(=O)c3ccc(CC)cc3)CC2)c2cnn(-c3ccccc3)c2n1. The molecule has 0 bridgehead atoms. The quantitative estimate of drug-likeness (QED) is 0.332. The van der Waals surface area contributed by atoms with Gasteiger partial charge in [0.1, 0.15) is 11.6 Å². The van der Waals surface area contributed by atoms with Crippen LogP contribution in [0.15, 0.2) is 60.8 Å². The summed E-state index contributed by atoms with van der Waals surface area (Å²) in [4.78, 5) is 27.6. The van der Waals surface area contributed by atoms with Crippen molar-refractivity contribution in [2.45, 2.75) is 52.4 Å². The molecule has 7 heteroatoms. The van der Waals surface area contributed by atoms with Crippen molar-refractivity contribution in [1.29, 1.82) is 0 Å². The number of hydrogen-bond donors (Lipinski definition) is 0. The van der Waals surface area contributed by atoms with Gasteiger partial charge >= 0.3 is 0 Å². The van der Waals surface area contributed by atoms with E-state index < -0.39 is 0 Å². The zero-order valence-corrected chi connectivity index (χ0v) is 22.1. The Bertz CT molecular complexity index is 1350. The molecule has 1 aliphatic rings. The number of rotatable bonds is 7. The standard InChI is InChI=1S/C30H36N6O/c1-4-10-22(3)27-32-28(26-21-31-36(29(26)33-27)25-11-7-6-8-12-25)34-17-9-18-35(20-19-34)30(37)24-15-13-23(5-2)14-16-24/h6-8,11-16,21-22H,4-5,9-10,17-20H2,1-3H3. The Labute approximate surface area is 219 Å². The van der Waals surface area contributed by atoms with E-state index in [1.165, 1.54) is 5.56 Å². The second-order valence-electron chi connectivity index (χ2n) is 9.91. The highest BCUT2D eigenvalue weighted by atomic mass is 16.2. The van der Waals surface area contributed by atoms with Crippen LogP contribution in [-0.2, 0) is 6.42 Å². The molecule has 0 N–H and O–H groups in total. The Morgan fingerprint density at radius 2 is 1.73 bits per heavy atom. The number of aromatic nitrogens is 4. The molecule has 5 rings (SSSR count). The zero-order valence-electron chi connectivity index (χ0n) is 22.1.